The number of amides is 1. The molecule has 6 nitrogen and oxygen atoms in total. The second kappa shape index (κ2) is 32.2. The third kappa shape index (κ3) is 26.9. The molecule has 0 saturated carbocycles. The van der Waals surface area contributed by atoms with Crippen molar-refractivity contribution in [3.63, 3.8) is 0 Å². The fourth-order valence-corrected chi connectivity index (χ4v) is 5.40. The van der Waals surface area contributed by atoms with E-state index in [2.05, 4.69) is 43.5 Å². The molecule has 0 rings (SSSR count). The highest BCUT2D eigenvalue weighted by molar-refractivity contribution is 5.80. The molecule has 0 aromatic carbocycles. The smallest absolute Gasteiger partial charge is 0.249 e. The quantitative estimate of drug-likeness (QED) is 0.0388. The lowest BCUT2D eigenvalue weighted by atomic mass is 10.00. The number of allylic oxidation sites excluding steroid dienone is 4. The van der Waals surface area contributed by atoms with Gasteiger partial charge in [0.25, 0.3) is 0 Å². The number of aliphatic hydroxyl groups excluding tert-OH is 4. The van der Waals surface area contributed by atoms with Crippen LogP contribution in [0.15, 0.2) is 24.3 Å². The van der Waals surface area contributed by atoms with E-state index in [4.69, 9.17) is 0 Å². The van der Waals surface area contributed by atoms with Crippen LogP contribution in [-0.2, 0) is 4.79 Å². The molecule has 0 aromatic rings. The van der Waals surface area contributed by atoms with E-state index in [1.54, 1.807) is 0 Å². The first kappa shape index (κ1) is 41.8. The highest BCUT2D eigenvalue weighted by atomic mass is 16.3. The Morgan fingerprint density at radius 1 is 0.558 bits per heavy atom. The highest BCUT2D eigenvalue weighted by Gasteiger charge is 2.28. The van der Waals surface area contributed by atoms with Crippen LogP contribution >= 0.6 is 0 Å². The topological polar surface area (TPSA) is 110 Å². The predicted octanol–water partition coefficient (Wildman–Crippen LogP) is 8.45. The van der Waals surface area contributed by atoms with Crippen LogP contribution in [0, 0.1) is 0 Å². The van der Waals surface area contributed by atoms with Crippen LogP contribution in [0.1, 0.15) is 174 Å². The molecule has 0 aliphatic heterocycles. The number of hydrogen-bond acceptors (Lipinski definition) is 5. The molecular formula is C37H71NO5. The van der Waals surface area contributed by atoms with Crippen molar-refractivity contribution in [2.45, 2.75) is 199 Å². The first-order valence-electron chi connectivity index (χ1n) is 18.2. The van der Waals surface area contributed by atoms with Gasteiger partial charge in [-0.1, -0.05) is 134 Å². The number of carbonyl (C=O) groups is 1. The highest BCUT2D eigenvalue weighted by Crippen LogP contribution is 2.13. The van der Waals surface area contributed by atoms with E-state index in [0.717, 1.165) is 51.4 Å². The van der Waals surface area contributed by atoms with Crippen molar-refractivity contribution in [2.24, 2.45) is 0 Å². The Labute approximate surface area is 265 Å². The lowest BCUT2D eigenvalue weighted by Gasteiger charge is -2.27. The number of hydrogen-bond donors (Lipinski definition) is 5. The zero-order chi connectivity index (χ0) is 31.8. The molecule has 0 aliphatic rings. The fraction of sp³-hybridized carbons (Fsp3) is 0.865. The van der Waals surface area contributed by atoms with E-state index in [0.29, 0.717) is 12.8 Å². The maximum Gasteiger partial charge on any atom is 0.249 e. The van der Waals surface area contributed by atoms with Crippen LogP contribution < -0.4 is 5.32 Å². The SMILES string of the molecule is CCCCCCCCC/C=C\CCCCCCC(O)C(=O)NC(CO)C(O)C(O)CCC/C=C/CCCCCCCCC. The summed E-state index contributed by atoms with van der Waals surface area (Å²) >= 11 is 0. The van der Waals surface area contributed by atoms with Crippen molar-refractivity contribution >= 4 is 5.91 Å². The lowest BCUT2D eigenvalue weighted by molar-refractivity contribution is -0.132. The fourth-order valence-electron chi connectivity index (χ4n) is 5.40. The minimum absolute atomic E-state index is 0.349. The zero-order valence-electron chi connectivity index (χ0n) is 28.2. The molecule has 1 amide bonds. The Balaban J connectivity index is 3.89. The van der Waals surface area contributed by atoms with Gasteiger partial charge in [0, 0.05) is 0 Å². The van der Waals surface area contributed by atoms with Crippen molar-refractivity contribution in [1.29, 1.82) is 0 Å². The van der Waals surface area contributed by atoms with Crippen LogP contribution in [0.25, 0.3) is 0 Å². The van der Waals surface area contributed by atoms with E-state index in [9.17, 15) is 25.2 Å². The molecule has 0 heterocycles. The van der Waals surface area contributed by atoms with Crippen LogP contribution in [0.3, 0.4) is 0 Å². The molecule has 4 atom stereocenters. The van der Waals surface area contributed by atoms with Crippen molar-refractivity contribution in [1.82, 2.24) is 5.32 Å². The van der Waals surface area contributed by atoms with E-state index >= 15 is 0 Å². The standard InChI is InChI=1S/C37H71NO5/c1-3-5-7-9-11-13-15-17-18-19-21-23-25-27-29-31-35(41)37(43)38-33(32-39)36(42)34(40)30-28-26-24-22-20-16-14-12-10-8-6-4-2/h18-19,22,24,33-36,39-42H,3-17,20-21,23,25-32H2,1-2H3,(H,38,43)/b19-18-,24-22+. The summed E-state index contributed by atoms with van der Waals surface area (Å²) in [6.45, 7) is 3.99. The first-order chi connectivity index (χ1) is 21.0. The van der Waals surface area contributed by atoms with Crippen LogP contribution in [0.2, 0.25) is 0 Å². The minimum atomic E-state index is -1.28. The van der Waals surface area contributed by atoms with Crippen LogP contribution in [0.4, 0.5) is 0 Å². The van der Waals surface area contributed by atoms with Gasteiger partial charge in [-0.25, -0.2) is 0 Å². The monoisotopic (exact) mass is 610 g/mol. The van der Waals surface area contributed by atoms with Gasteiger partial charge in [0.1, 0.15) is 12.2 Å². The molecule has 4 unspecified atom stereocenters. The maximum absolute atomic E-state index is 12.4. The first-order valence-corrected chi connectivity index (χ1v) is 18.2. The molecule has 0 radical (unpaired) electrons. The Morgan fingerprint density at radius 3 is 1.40 bits per heavy atom. The Morgan fingerprint density at radius 2 is 0.953 bits per heavy atom. The minimum Gasteiger partial charge on any atom is -0.394 e. The van der Waals surface area contributed by atoms with Crippen molar-refractivity contribution < 1.29 is 25.2 Å². The van der Waals surface area contributed by atoms with Crippen molar-refractivity contribution in [2.75, 3.05) is 6.61 Å². The molecule has 254 valence electrons. The third-order valence-corrected chi connectivity index (χ3v) is 8.38. The molecule has 0 aromatic heterocycles. The van der Waals surface area contributed by atoms with E-state index < -0.39 is 36.9 Å². The number of unbranched alkanes of at least 4 members (excludes halogenated alkanes) is 19. The summed E-state index contributed by atoms with van der Waals surface area (Å²) in [5.74, 6) is -0.605. The van der Waals surface area contributed by atoms with Crippen molar-refractivity contribution in [3.8, 4) is 0 Å². The van der Waals surface area contributed by atoms with Gasteiger partial charge < -0.3 is 25.7 Å². The van der Waals surface area contributed by atoms with E-state index in [1.165, 1.54) is 96.3 Å². The van der Waals surface area contributed by atoms with Gasteiger partial charge in [0.05, 0.1) is 18.8 Å². The molecule has 0 spiro atoms. The van der Waals surface area contributed by atoms with Gasteiger partial charge in [-0.3, -0.25) is 4.79 Å². The van der Waals surface area contributed by atoms with Gasteiger partial charge in [-0.15, -0.1) is 0 Å². The van der Waals surface area contributed by atoms with E-state index in [1.807, 2.05) is 0 Å². The Hall–Kier alpha value is -1.21. The van der Waals surface area contributed by atoms with Crippen molar-refractivity contribution in [3.05, 3.63) is 24.3 Å². The van der Waals surface area contributed by atoms with E-state index in [-0.39, 0.29) is 0 Å². The number of rotatable bonds is 32. The maximum atomic E-state index is 12.4. The summed E-state index contributed by atoms with van der Waals surface area (Å²) < 4.78 is 0. The second-order valence-electron chi connectivity index (χ2n) is 12.6. The van der Waals surface area contributed by atoms with Crippen LogP contribution in [0.5, 0.6) is 0 Å². The molecule has 0 fully saturated rings. The summed E-state index contributed by atoms with van der Waals surface area (Å²) in [7, 11) is 0. The van der Waals surface area contributed by atoms with Gasteiger partial charge in [-0.2, -0.15) is 0 Å². The number of nitrogens with one attached hydrogen (secondary N) is 1. The van der Waals surface area contributed by atoms with Gasteiger partial charge in [0.15, 0.2) is 0 Å². The Kier molecular flexibility index (Phi) is 31.3. The molecule has 6 heteroatoms. The summed E-state index contributed by atoms with van der Waals surface area (Å²) in [6, 6.07) is -1.00. The largest absolute Gasteiger partial charge is 0.394 e. The molecule has 0 bridgehead atoms. The molecule has 43 heavy (non-hydrogen) atoms. The average molecular weight is 610 g/mol. The summed E-state index contributed by atoms with van der Waals surface area (Å²) in [5.41, 5.74) is 0. The number of aliphatic hydroxyl groups is 4. The molecule has 0 saturated heterocycles. The van der Waals surface area contributed by atoms with Gasteiger partial charge in [0.2, 0.25) is 5.91 Å². The predicted molar refractivity (Wildman–Crippen MR) is 182 cm³/mol. The lowest BCUT2D eigenvalue weighted by Crippen LogP contribution is -2.53. The summed E-state index contributed by atoms with van der Waals surface area (Å²) in [4.78, 5) is 12.4. The zero-order valence-corrected chi connectivity index (χ0v) is 28.2. The van der Waals surface area contributed by atoms with Gasteiger partial charge in [-0.05, 0) is 64.2 Å². The molecule has 5 N–H and O–H groups in total. The normalized spacial score (nSPS) is 14.8. The van der Waals surface area contributed by atoms with Crippen LogP contribution in [-0.4, -0.2) is 57.3 Å². The Bertz CT molecular complexity index is 653. The molecular weight excluding hydrogens is 538 g/mol. The number of carbonyl (C=O) groups excluding carboxylic acids is 1. The van der Waals surface area contributed by atoms with Gasteiger partial charge >= 0.3 is 0 Å². The summed E-state index contributed by atoms with van der Waals surface area (Å²) in [5, 5.41) is 43.3. The molecule has 0 aliphatic carbocycles. The second-order valence-corrected chi connectivity index (χ2v) is 12.6. The third-order valence-electron chi connectivity index (χ3n) is 8.38. The summed E-state index contributed by atoms with van der Waals surface area (Å²) in [6.07, 6.45) is 33.4. The average Bonchev–Trinajstić information content (AvgIpc) is 3.01.